The number of nitrogens with two attached hydrogens (primary N) is 1. The number of nitrogens with one attached hydrogen (secondary N) is 1. The lowest BCUT2D eigenvalue weighted by Crippen LogP contribution is -2.15. The molecule has 0 fully saturated rings. The second-order valence-electron chi connectivity index (χ2n) is 4.14. The molecule has 2 aromatic rings. The van der Waals surface area contributed by atoms with Gasteiger partial charge in [0, 0.05) is 18.4 Å². The van der Waals surface area contributed by atoms with E-state index < -0.39 is 5.82 Å². The van der Waals surface area contributed by atoms with E-state index in [1.165, 1.54) is 18.3 Å². The molecule has 2 rings (SSSR count). The van der Waals surface area contributed by atoms with Crippen molar-refractivity contribution in [3.05, 3.63) is 57.6 Å². The van der Waals surface area contributed by atoms with E-state index in [9.17, 15) is 4.39 Å². The number of oxime groups is 1. The Hall–Kier alpha value is -2.05. The van der Waals surface area contributed by atoms with Gasteiger partial charge < -0.3 is 16.3 Å². The van der Waals surface area contributed by atoms with Gasteiger partial charge in [0.05, 0.1) is 10.0 Å². The molecule has 110 valence electrons. The third kappa shape index (κ3) is 3.74. The van der Waals surface area contributed by atoms with Gasteiger partial charge in [0.1, 0.15) is 5.69 Å². The molecule has 8 heteroatoms. The molecule has 0 saturated carbocycles. The Morgan fingerprint density at radius 2 is 2.00 bits per heavy atom. The fraction of sp³-hybridized carbons (Fsp3) is 0.0769. The molecule has 0 spiro atoms. The Labute approximate surface area is 130 Å². The van der Waals surface area contributed by atoms with Crippen LogP contribution >= 0.6 is 23.2 Å². The predicted octanol–water partition coefficient (Wildman–Crippen LogP) is 3.23. The van der Waals surface area contributed by atoms with Gasteiger partial charge in [-0.25, -0.2) is 4.39 Å². The van der Waals surface area contributed by atoms with Crippen molar-refractivity contribution >= 4 is 34.7 Å². The highest BCUT2D eigenvalue weighted by atomic mass is 35.5. The first-order chi connectivity index (χ1) is 10.0. The molecule has 0 amide bonds. The van der Waals surface area contributed by atoms with Crippen molar-refractivity contribution in [3.63, 3.8) is 0 Å². The number of nitrogens with zero attached hydrogens (tertiary/aromatic N) is 2. The van der Waals surface area contributed by atoms with Crippen LogP contribution in [-0.2, 0) is 6.54 Å². The zero-order valence-electron chi connectivity index (χ0n) is 10.6. The number of halogens is 3. The monoisotopic (exact) mass is 328 g/mol. The molecule has 1 aromatic carbocycles. The molecule has 1 heterocycles. The second-order valence-corrected chi connectivity index (χ2v) is 4.96. The highest BCUT2D eigenvalue weighted by Gasteiger charge is 2.08. The van der Waals surface area contributed by atoms with Gasteiger partial charge in [-0.15, -0.1) is 0 Å². The summed E-state index contributed by atoms with van der Waals surface area (Å²) in [6.45, 7) is 0.409. The number of hydrogen-bond acceptors (Lipinski definition) is 4. The van der Waals surface area contributed by atoms with Crippen LogP contribution in [0.3, 0.4) is 0 Å². The number of benzene rings is 1. The van der Waals surface area contributed by atoms with Gasteiger partial charge in [0.25, 0.3) is 0 Å². The molecule has 0 radical (unpaired) electrons. The van der Waals surface area contributed by atoms with E-state index in [1.54, 1.807) is 12.1 Å². The summed E-state index contributed by atoms with van der Waals surface area (Å²) in [5, 5.41) is 14.4. The maximum absolute atomic E-state index is 13.3. The zero-order chi connectivity index (χ0) is 15.4. The van der Waals surface area contributed by atoms with Crippen LogP contribution in [0.5, 0.6) is 0 Å². The molecule has 5 nitrogen and oxygen atoms in total. The van der Waals surface area contributed by atoms with Crippen molar-refractivity contribution in [2.24, 2.45) is 10.9 Å². The van der Waals surface area contributed by atoms with Gasteiger partial charge in [0.15, 0.2) is 11.7 Å². The van der Waals surface area contributed by atoms with E-state index in [0.29, 0.717) is 17.9 Å². The van der Waals surface area contributed by atoms with Crippen LogP contribution < -0.4 is 11.1 Å². The summed E-state index contributed by atoms with van der Waals surface area (Å²) in [5.41, 5.74) is 7.23. The van der Waals surface area contributed by atoms with Gasteiger partial charge in [0.2, 0.25) is 0 Å². The molecular weight excluding hydrogens is 318 g/mol. The number of anilines is 1. The third-order valence-corrected chi connectivity index (χ3v) is 3.23. The Morgan fingerprint density at radius 1 is 1.33 bits per heavy atom. The highest BCUT2D eigenvalue weighted by Crippen LogP contribution is 2.27. The summed E-state index contributed by atoms with van der Waals surface area (Å²) in [4.78, 5) is 3.97. The minimum absolute atomic E-state index is 0.0583. The zero-order valence-corrected chi connectivity index (χ0v) is 12.2. The molecule has 0 bridgehead atoms. The Balaban J connectivity index is 2.13. The maximum atomic E-state index is 13.3. The van der Waals surface area contributed by atoms with Gasteiger partial charge in [-0.1, -0.05) is 28.4 Å². The van der Waals surface area contributed by atoms with E-state index >= 15 is 0 Å². The topological polar surface area (TPSA) is 83.5 Å². The quantitative estimate of drug-likeness (QED) is 0.264. The van der Waals surface area contributed by atoms with Crippen molar-refractivity contribution in [1.82, 2.24) is 4.98 Å². The third-order valence-electron chi connectivity index (χ3n) is 2.67. The van der Waals surface area contributed by atoms with Crippen molar-refractivity contribution in [2.75, 3.05) is 5.32 Å². The number of aromatic nitrogens is 1. The minimum atomic E-state index is -0.651. The van der Waals surface area contributed by atoms with E-state index in [4.69, 9.17) is 34.1 Å². The number of hydrogen-bond donors (Lipinski definition) is 3. The van der Waals surface area contributed by atoms with Gasteiger partial charge in [-0.05, 0) is 29.8 Å². The van der Waals surface area contributed by atoms with E-state index in [0.717, 1.165) is 5.56 Å². The lowest BCUT2D eigenvalue weighted by molar-refractivity contribution is 0.318. The number of amidine groups is 1. The minimum Gasteiger partial charge on any atom is -0.409 e. The van der Waals surface area contributed by atoms with E-state index in [1.807, 2.05) is 0 Å². The average molecular weight is 329 g/mol. The summed E-state index contributed by atoms with van der Waals surface area (Å²) in [7, 11) is 0. The van der Waals surface area contributed by atoms with Gasteiger partial charge in [-0.2, -0.15) is 0 Å². The van der Waals surface area contributed by atoms with Crippen molar-refractivity contribution in [3.8, 4) is 0 Å². The first-order valence-corrected chi connectivity index (χ1v) is 6.58. The van der Waals surface area contributed by atoms with Crippen molar-refractivity contribution < 1.29 is 9.60 Å². The fourth-order valence-electron chi connectivity index (χ4n) is 1.64. The first-order valence-electron chi connectivity index (χ1n) is 5.82. The summed E-state index contributed by atoms with van der Waals surface area (Å²) in [5.74, 6) is -0.730. The lowest BCUT2D eigenvalue weighted by atomic mass is 10.2. The summed E-state index contributed by atoms with van der Waals surface area (Å²) < 4.78 is 13.3. The standard InChI is InChI=1S/C13H11Cl2FN4O/c14-9-4-8(5-10(15)12(9)16)19-6-7-1-2-18-11(3-7)13(17)20-21/h1-5,19,21H,6H2,(H2,17,20). The smallest absolute Gasteiger partial charge is 0.188 e. The van der Waals surface area contributed by atoms with Crippen LogP contribution in [0.25, 0.3) is 0 Å². The summed E-state index contributed by atoms with van der Waals surface area (Å²) in [6, 6.07) is 6.30. The van der Waals surface area contributed by atoms with Gasteiger partial charge in [-0.3, -0.25) is 4.98 Å². The molecule has 1 aromatic heterocycles. The highest BCUT2D eigenvalue weighted by molar-refractivity contribution is 6.35. The number of rotatable bonds is 4. The molecule has 0 aliphatic rings. The predicted molar refractivity (Wildman–Crippen MR) is 80.5 cm³/mol. The van der Waals surface area contributed by atoms with Crippen LogP contribution in [0.15, 0.2) is 35.6 Å². The largest absolute Gasteiger partial charge is 0.409 e. The van der Waals surface area contributed by atoms with Gasteiger partial charge >= 0.3 is 0 Å². The Bertz CT molecular complexity index is 671. The Morgan fingerprint density at radius 3 is 2.62 bits per heavy atom. The summed E-state index contributed by atoms with van der Waals surface area (Å²) in [6.07, 6.45) is 1.54. The van der Waals surface area contributed by atoms with Crippen molar-refractivity contribution in [2.45, 2.75) is 6.54 Å². The summed E-state index contributed by atoms with van der Waals surface area (Å²) >= 11 is 11.4. The molecule has 21 heavy (non-hydrogen) atoms. The second kappa shape index (κ2) is 6.60. The average Bonchev–Trinajstić information content (AvgIpc) is 2.50. The normalized spacial score (nSPS) is 11.5. The van der Waals surface area contributed by atoms with E-state index in [2.05, 4.69) is 15.5 Å². The SMILES string of the molecule is N/C(=N/O)c1cc(CNc2cc(Cl)c(F)c(Cl)c2)ccn1. The molecule has 0 aliphatic heterocycles. The molecule has 0 atom stereocenters. The molecule has 4 N–H and O–H groups in total. The molecular formula is C13H11Cl2FN4O. The first kappa shape index (κ1) is 15.3. The fourth-order valence-corrected chi connectivity index (χ4v) is 2.12. The Kier molecular flexibility index (Phi) is 4.82. The molecule has 0 aliphatic carbocycles. The maximum Gasteiger partial charge on any atom is 0.188 e. The van der Waals surface area contributed by atoms with E-state index in [-0.39, 0.29) is 15.9 Å². The van der Waals surface area contributed by atoms with Crippen molar-refractivity contribution in [1.29, 1.82) is 0 Å². The number of pyridine rings is 1. The van der Waals surface area contributed by atoms with Crippen LogP contribution in [0.4, 0.5) is 10.1 Å². The van der Waals surface area contributed by atoms with Crippen LogP contribution in [-0.4, -0.2) is 16.0 Å². The molecule has 0 saturated heterocycles. The van der Waals surface area contributed by atoms with Crippen LogP contribution in [0, 0.1) is 5.82 Å². The van der Waals surface area contributed by atoms with Crippen LogP contribution in [0.1, 0.15) is 11.3 Å². The lowest BCUT2D eigenvalue weighted by Gasteiger charge is -2.09. The van der Waals surface area contributed by atoms with Crippen LogP contribution in [0.2, 0.25) is 10.0 Å². The molecule has 0 unspecified atom stereocenters.